The predicted octanol–water partition coefficient (Wildman–Crippen LogP) is 50.8. The largest absolute Gasteiger partial charge is 0.389 e. The summed E-state index contributed by atoms with van der Waals surface area (Å²) in [6, 6.07) is 0. The fraction of sp³-hybridized carbons (Fsp3) is 1.00. The Morgan fingerprint density at radius 1 is 0.0889 bits per heavy atom. The second kappa shape index (κ2) is 104. The molecular weight excluding hydrogens is 1630 g/mol. The molecule has 0 aliphatic heterocycles. The van der Waals surface area contributed by atoms with E-state index in [1.807, 2.05) is 0 Å². The molecule has 0 spiro atoms. The molecular formula is C134H270O. The van der Waals surface area contributed by atoms with E-state index in [0.717, 1.165) is 12.8 Å². The number of aliphatic hydroxyl groups is 1. The average Bonchev–Trinajstić information content (AvgIpc) is 0.668. The predicted molar refractivity (Wildman–Crippen MR) is 622 cm³/mol. The fourth-order valence-corrected chi connectivity index (χ4v) is 28.0. The smallest absolute Gasteiger partial charge is 0.0709 e. The van der Waals surface area contributed by atoms with Gasteiger partial charge in [-0.1, -0.05) is 745 Å². The molecule has 0 atom stereocenters. The van der Waals surface area contributed by atoms with Crippen molar-refractivity contribution in [2.24, 2.45) is 27.1 Å². The lowest BCUT2D eigenvalue weighted by Gasteiger charge is -2.75. The van der Waals surface area contributed by atoms with Gasteiger partial charge in [-0.2, -0.15) is 0 Å². The summed E-state index contributed by atoms with van der Waals surface area (Å²) >= 11 is 0. The van der Waals surface area contributed by atoms with Gasteiger partial charge in [0, 0.05) is 5.41 Å². The van der Waals surface area contributed by atoms with Crippen LogP contribution in [0.5, 0.6) is 0 Å². The Morgan fingerprint density at radius 3 is 0.311 bits per heavy atom. The van der Waals surface area contributed by atoms with Crippen molar-refractivity contribution in [3.05, 3.63) is 0 Å². The second-order valence-corrected chi connectivity index (χ2v) is 47.9. The Kier molecular flexibility index (Phi) is 104. The Balaban J connectivity index is 12.4. The van der Waals surface area contributed by atoms with Gasteiger partial charge >= 0.3 is 0 Å². The first-order valence-electron chi connectivity index (χ1n) is 66.3. The molecule has 0 aliphatic carbocycles. The molecule has 0 aromatic carbocycles. The number of rotatable bonds is 120. The molecule has 0 radical (unpaired) electrons. The van der Waals surface area contributed by atoms with Gasteiger partial charge in [0.05, 0.1) is 5.60 Å². The van der Waals surface area contributed by atoms with Crippen LogP contribution in [-0.2, 0) is 0 Å². The molecule has 0 aromatic heterocycles. The molecule has 0 heterocycles. The van der Waals surface area contributed by atoms with E-state index in [0.29, 0.717) is 0 Å². The molecule has 812 valence electrons. The summed E-state index contributed by atoms with van der Waals surface area (Å²) in [6.07, 6.45) is 163. The van der Waals surface area contributed by atoms with E-state index in [-0.39, 0.29) is 27.1 Å². The Hall–Kier alpha value is -0.0400. The van der Waals surface area contributed by atoms with Gasteiger partial charge in [0.2, 0.25) is 0 Å². The standard InChI is InChI=1S/C134H270O/c1-14-27-40-53-66-78-91-104-117-129(116-103-90-65-52-39-26-13,118-105-92-79-67-54-41-28-15-2)130(119-106-93-80-68-55-42-29-16-3,120-107-94-81-69-56-43-30-17-4)131(121-108-95-82-70-57-44-31-18-5,122-109-96-83-71-58-45-32-19-6)132(123-110-97-84-72-59-46-33-20-7,124-111-98-85-73-60-47-34-21-8)133(125-112-99-86-74-61-48-35-22-9,126-113-100-87-75-62-49-36-23-10)134(135,127-114-101-88-76-63-50-37-24-11)128-115-102-89-77-64-51-38-25-12/h135H,14-128H2,1-13H3. The average molecular weight is 1900 g/mol. The molecule has 0 aromatic rings. The summed E-state index contributed by atoms with van der Waals surface area (Å²) in [5, 5.41) is 17.4. The first-order valence-corrected chi connectivity index (χ1v) is 66.3. The van der Waals surface area contributed by atoms with Crippen molar-refractivity contribution >= 4 is 0 Å². The van der Waals surface area contributed by atoms with Gasteiger partial charge in [0.25, 0.3) is 0 Å². The highest BCUT2D eigenvalue weighted by atomic mass is 16.3. The summed E-state index contributed by atoms with van der Waals surface area (Å²) < 4.78 is 0. The van der Waals surface area contributed by atoms with Crippen LogP contribution in [0.3, 0.4) is 0 Å². The van der Waals surface area contributed by atoms with Crippen molar-refractivity contribution in [3.8, 4) is 0 Å². The van der Waals surface area contributed by atoms with Crippen molar-refractivity contribution in [1.82, 2.24) is 0 Å². The van der Waals surface area contributed by atoms with Crippen molar-refractivity contribution in [1.29, 1.82) is 0 Å². The highest BCUT2D eigenvalue weighted by Crippen LogP contribution is 2.80. The van der Waals surface area contributed by atoms with Crippen LogP contribution >= 0.6 is 0 Å². The summed E-state index contributed by atoms with van der Waals surface area (Å²) in [7, 11) is 0. The van der Waals surface area contributed by atoms with Gasteiger partial charge in [-0.05, 0) is 105 Å². The third-order valence-electron chi connectivity index (χ3n) is 36.2. The minimum absolute atomic E-state index is 0.00475. The lowest BCUT2D eigenvalue weighted by molar-refractivity contribution is -0.287. The molecule has 1 N–H and O–H groups in total. The molecule has 0 amide bonds. The molecule has 0 saturated carbocycles. The van der Waals surface area contributed by atoms with E-state index in [4.69, 9.17) is 0 Å². The lowest BCUT2D eigenvalue weighted by atomic mass is 9.29. The minimum atomic E-state index is -0.718. The summed E-state index contributed by atoms with van der Waals surface area (Å²) in [5.74, 6) is 0. The van der Waals surface area contributed by atoms with Crippen molar-refractivity contribution in [2.45, 2.75) is 834 Å². The van der Waals surface area contributed by atoms with E-state index in [1.165, 1.54) is 726 Å². The monoisotopic (exact) mass is 1900 g/mol. The van der Waals surface area contributed by atoms with E-state index < -0.39 is 5.60 Å². The summed E-state index contributed by atoms with van der Waals surface area (Å²) in [4.78, 5) is 0. The third kappa shape index (κ3) is 67.5. The lowest BCUT2D eigenvalue weighted by Crippen LogP contribution is -2.70. The van der Waals surface area contributed by atoms with Crippen LogP contribution in [0.15, 0.2) is 0 Å². The maximum atomic E-state index is 17.4. The number of hydrogen-bond acceptors (Lipinski definition) is 1. The van der Waals surface area contributed by atoms with Crippen LogP contribution in [0, 0.1) is 27.1 Å². The van der Waals surface area contributed by atoms with Crippen LogP contribution in [-0.4, -0.2) is 10.7 Å². The molecule has 1 nitrogen and oxygen atoms in total. The third-order valence-corrected chi connectivity index (χ3v) is 36.2. The van der Waals surface area contributed by atoms with E-state index in [1.54, 1.807) is 0 Å². The first-order chi connectivity index (χ1) is 66.5. The Bertz CT molecular complexity index is 2060. The molecule has 1 heteroatoms. The SMILES string of the molecule is CCCCCCCCCCC(O)(CCCCCCCCCC)C(CCCCCCCCCC)(CCCCCCCCCC)C(CCCCCCCCCC)(CCCCCCCCCC)C(CCCCCCCCCC)(CCCCCCCCCC)C(CCCCCCCCCC)(CCCCCCCCCC)C(CCCCCCCC)(CCCCCCCCCC)CCCCCCCCCC. The maximum absolute atomic E-state index is 17.4. The quantitative estimate of drug-likeness (QED) is 0.0602. The fourth-order valence-electron chi connectivity index (χ4n) is 28.0. The van der Waals surface area contributed by atoms with E-state index in [2.05, 4.69) is 90.0 Å². The van der Waals surface area contributed by atoms with Crippen molar-refractivity contribution in [2.75, 3.05) is 0 Å². The highest BCUT2D eigenvalue weighted by molar-refractivity contribution is 5.22. The van der Waals surface area contributed by atoms with Gasteiger partial charge in [0.1, 0.15) is 0 Å². The molecule has 0 aliphatic rings. The number of hydrogen-bond donors (Lipinski definition) is 1. The molecule has 0 saturated heterocycles. The second-order valence-electron chi connectivity index (χ2n) is 47.9. The van der Waals surface area contributed by atoms with E-state index >= 15 is 5.11 Å². The number of unbranched alkanes of at least 4 members (excludes halogenated alkanes) is 89. The van der Waals surface area contributed by atoms with Crippen LogP contribution in [0.4, 0.5) is 0 Å². The first kappa shape index (κ1) is 135. The topological polar surface area (TPSA) is 20.2 Å². The van der Waals surface area contributed by atoms with Gasteiger partial charge in [-0.15, -0.1) is 0 Å². The zero-order valence-electron chi connectivity index (χ0n) is 97.8. The van der Waals surface area contributed by atoms with E-state index in [9.17, 15) is 0 Å². The zero-order valence-corrected chi connectivity index (χ0v) is 97.8. The zero-order chi connectivity index (χ0) is 98.3. The summed E-state index contributed by atoms with van der Waals surface area (Å²) in [5.41, 5.74) is -0.392. The Labute approximate surface area is 860 Å². The highest BCUT2D eigenvalue weighted by Gasteiger charge is 2.73. The Morgan fingerprint density at radius 2 is 0.178 bits per heavy atom. The van der Waals surface area contributed by atoms with Gasteiger partial charge in [0.15, 0.2) is 0 Å². The molecule has 0 rings (SSSR count). The van der Waals surface area contributed by atoms with Gasteiger partial charge in [-0.25, -0.2) is 0 Å². The minimum Gasteiger partial charge on any atom is -0.389 e. The van der Waals surface area contributed by atoms with Crippen molar-refractivity contribution in [3.63, 3.8) is 0 Å². The molecule has 0 unspecified atom stereocenters. The normalized spacial score (nSPS) is 12.7. The maximum Gasteiger partial charge on any atom is 0.0709 e. The van der Waals surface area contributed by atoms with Gasteiger partial charge < -0.3 is 5.11 Å². The molecule has 0 fully saturated rings. The van der Waals surface area contributed by atoms with Crippen LogP contribution < -0.4 is 0 Å². The van der Waals surface area contributed by atoms with Crippen LogP contribution in [0.2, 0.25) is 0 Å². The van der Waals surface area contributed by atoms with Crippen molar-refractivity contribution < 1.29 is 5.11 Å². The molecule has 0 bridgehead atoms. The summed E-state index contributed by atoms with van der Waals surface area (Å²) in [6.45, 7) is 32.0. The van der Waals surface area contributed by atoms with Crippen LogP contribution in [0.1, 0.15) is 828 Å². The molecule has 135 heavy (non-hydrogen) atoms. The van der Waals surface area contributed by atoms with Crippen LogP contribution in [0.25, 0.3) is 0 Å². The van der Waals surface area contributed by atoms with Gasteiger partial charge in [-0.3, -0.25) is 0 Å².